The number of hydrogen-bond donors (Lipinski definition) is 0. The Morgan fingerprint density at radius 3 is 1.67 bits per heavy atom. The summed E-state index contributed by atoms with van der Waals surface area (Å²) in [5.41, 5.74) is 0. The molecule has 10 saturated heterocycles. The van der Waals surface area contributed by atoms with Crippen molar-refractivity contribution in [2.24, 2.45) is 0 Å². The van der Waals surface area contributed by atoms with E-state index in [1.54, 1.807) is 45.5 Å². The van der Waals surface area contributed by atoms with Gasteiger partial charge in [-0.05, 0) is 0 Å². The van der Waals surface area contributed by atoms with Crippen molar-refractivity contribution < 1.29 is 11.4 Å². The van der Waals surface area contributed by atoms with Crippen LogP contribution in [0.15, 0.2) is 0 Å². The SMILES string of the molecule is CCCC[C]12[CH]3[CH]4[CH]5[CH]1[Zr]45321678[CH]2[CH]1[CH]6[CH]7[CH]28. The molecule has 0 aromatic carbocycles. The van der Waals surface area contributed by atoms with Crippen LogP contribution in [0.3, 0.4) is 0 Å². The second-order valence-electron chi connectivity index (χ2n) is 14.1. The summed E-state index contributed by atoms with van der Waals surface area (Å²) in [5.74, 6) is 0. The Bertz CT molecular complexity index is 797. The average molecular weight is 278 g/mol. The number of rotatable bonds is 3. The minimum atomic E-state index is -3.07. The Morgan fingerprint density at radius 2 is 1.40 bits per heavy atom. The quantitative estimate of drug-likeness (QED) is 0.686. The molecular weight excluding hydrogens is 259 g/mol. The van der Waals surface area contributed by atoms with Gasteiger partial charge in [-0.1, -0.05) is 0 Å². The summed E-state index contributed by atoms with van der Waals surface area (Å²) in [7, 11) is 0. The molecule has 0 saturated carbocycles. The molecule has 0 aromatic rings. The van der Waals surface area contributed by atoms with Gasteiger partial charge in [-0.3, -0.25) is 0 Å². The second-order valence-corrected chi connectivity index (χ2v) is 66.8. The van der Waals surface area contributed by atoms with Gasteiger partial charge in [0.2, 0.25) is 0 Å². The molecule has 10 aliphatic rings. The normalized spacial score (nSPS) is 134. The van der Waals surface area contributed by atoms with Crippen molar-refractivity contribution in [1.29, 1.82) is 0 Å². The maximum absolute atomic E-state index is 3.07. The molecule has 78 valence electrons. The summed E-state index contributed by atoms with van der Waals surface area (Å²) in [4.78, 5) is 0. The third kappa shape index (κ3) is 0.0516. The van der Waals surface area contributed by atoms with Crippen LogP contribution in [-0.2, 0) is 11.4 Å². The van der Waals surface area contributed by atoms with Gasteiger partial charge in [0.1, 0.15) is 0 Å². The number of hydrogen-bond acceptors (Lipinski definition) is 0. The monoisotopic (exact) mass is 276 g/mol. The van der Waals surface area contributed by atoms with E-state index in [1.165, 1.54) is 9.54 Å². The van der Waals surface area contributed by atoms with Gasteiger partial charge in [0.15, 0.2) is 0 Å². The molecule has 0 aliphatic carbocycles. The molecule has 1 spiro atoms. The Morgan fingerprint density at radius 1 is 0.867 bits per heavy atom. The van der Waals surface area contributed by atoms with E-state index < -0.39 is 11.4 Å². The molecule has 0 amide bonds. The zero-order valence-corrected chi connectivity index (χ0v) is 11.8. The van der Waals surface area contributed by atoms with Crippen molar-refractivity contribution in [1.82, 2.24) is 0 Å². The summed E-state index contributed by atoms with van der Waals surface area (Å²) in [6.45, 7) is 2.43. The second kappa shape index (κ2) is 0.428. The number of fused-ring (bicyclic) bond motifs is 10. The molecule has 10 heterocycles. The topological polar surface area (TPSA) is 0 Å². The summed E-state index contributed by atoms with van der Waals surface area (Å²) in [6, 6.07) is 0. The Balaban J connectivity index is 1.64. The Hall–Kier alpha value is 0.883. The maximum atomic E-state index is 2.43. The zero-order chi connectivity index (χ0) is 9.13. The van der Waals surface area contributed by atoms with Gasteiger partial charge in [-0.25, -0.2) is 0 Å². The molecule has 10 aliphatic heterocycles. The predicted molar refractivity (Wildman–Crippen MR) is 56.0 cm³/mol. The van der Waals surface area contributed by atoms with E-state index in [2.05, 4.69) is 6.92 Å². The van der Waals surface area contributed by atoms with Crippen LogP contribution in [0, 0.1) is 0 Å². The van der Waals surface area contributed by atoms with Crippen LogP contribution in [-0.4, -0.2) is 0 Å². The van der Waals surface area contributed by atoms with Crippen LogP contribution >= 0.6 is 0 Å². The van der Waals surface area contributed by atoms with E-state index in [0.717, 1.165) is 0 Å². The van der Waals surface area contributed by atoms with Crippen molar-refractivity contribution in [3.05, 3.63) is 0 Å². The molecule has 10 fully saturated rings. The van der Waals surface area contributed by atoms with Crippen LogP contribution in [0.4, 0.5) is 0 Å². The first-order valence-electron chi connectivity index (χ1n) is 8.15. The fourth-order valence-corrected chi connectivity index (χ4v) is 253. The van der Waals surface area contributed by atoms with Crippen LogP contribution in [0.25, 0.3) is 0 Å². The summed E-state index contributed by atoms with van der Waals surface area (Å²) in [6.07, 6.45) is 4.90. The van der Waals surface area contributed by atoms with Crippen LogP contribution in [0.1, 0.15) is 26.2 Å². The zero-order valence-electron chi connectivity index (χ0n) is 9.32. The van der Waals surface area contributed by atoms with E-state index in [9.17, 15) is 0 Å². The molecule has 4 atom stereocenters. The Kier molecular flexibility index (Phi) is 0.162. The van der Waals surface area contributed by atoms with Gasteiger partial charge in [0.25, 0.3) is 0 Å². The Labute approximate surface area is 72.9 Å². The summed E-state index contributed by atoms with van der Waals surface area (Å²) < 4.78 is 15.7. The van der Waals surface area contributed by atoms with Gasteiger partial charge in [-0.15, -0.1) is 0 Å². The van der Waals surface area contributed by atoms with E-state index in [1.807, 2.05) is 0 Å². The molecular formula is C14H18Zr. The van der Waals surface area contributed by atoms with E-state index >= 15 is 0 Å². The van der Waals surface area contributed by atoms with Gasteiger partial charge in [0, 0.05) is 0 Å². The summed E-state index contributed by atoms with van der Waals surface area (Å²) in [5, 5.41) is 0. The third-order valence-electron chi connectivity index (χ3n) is 21.6. The van der Waals surface area contributed by atoms with Crippen LogP contribution in [0.5, 0.6) is 0 Å². The van der Waals surface area contributed by atoms with Gasteiger partial charge in [0.05, 0.1) is 0 Å². The molecule has 0 radical (unpaired) electrons. The first-order valence-corrected chi connectivity index (χ1v) is 22.2. The van der Waals surface area contributed by atoms with Gasteiger partial charge < -0.3 is 0 Å². The molecule has 0 aromatic heterocycles. The van der Waals surface area contributed by atoms with Crippen molar-refractivity contribution in [3.8, 4) is 0 Å². The first-order chi connectivity index (χ1) is 7.11. The molecule has 0 N–H and O–H groups in total. The molecule has 0 nitrogen and oxygen atoms in total. The molecule has 10 rings (SSSR count). The van der Waals surface area contributed by atoms with E-state index in [-0.39, 0.29) is 0 Å². The van der Waals surface area contributed by atoms with Crippen molar-refractivity contribution in [3.63, 3.8) is 0 Å². The molecule has 0 bridgehead atoms. The third-order valence-corrected chi connectivity index (χ3v) is 117. The minimum absolute atomic E-state index is 1.28. The van der Waals surface area contributed by atoms with Crippen LogP contribution in [0.2, 0.25) is 35.8 Å². The molecule has 15 heavy (non-hydrogen) atoms. The van der Waals surface area contributed by atoms with Gasteiger partial charge >= 0.3 is 73.3 Å². The standard InChI is InChI=1S/C9H13.C5H5.Zr/c1-2-3-6-9-7-4-5-8-9;1-2-4-5-3-1;/h4-5,7-8H,2-3,6H2,1H3;1-5H;. The first kappa shape index (κ1) is 5.68. The number of unbranched alkanes of at least 4 members (excludes halogenated alkanes) is 1. The fourth-order valence-electron chi connectivity index (χ4n) is 25.7. The van der Waals surface area contributed by atoms with Crippen molar-refractivity contribution >= 4 is 0 Å². The van der Waals surface area contributed by atoms with Crippen molar-refractivity contribution in [2.75, 3.05) is 0 Å². The van der Waals surface area contributed by atoms with Crippen LogP contribution < -0.4 is 0 Å². The average Bonchev–Trinajstić information content (AvgIpc) is 3.18. The van der Waals surface area contributed by atoms with Gasteiger partial charge in [-0.2, -0.15) is 0 Å². The van der Waals surface area contributed by atoms with E-state index in [0.29, 0.717) is 0 Å². The summed E-state index contributed by atoms with van der Waals surface area (Å²) >= 11 is -3.07. The van der Waals surface area contributed by atoms with Crippen molar-refractivity contribution in [2.45, 2.75) is 61.9 Å². The van der Waals surface area contributed by atoms with E-state index in [4.69, 9.17) is 0 Å². The molecule has 4 unspecified atom stereocenters. The fraction of sp³-hybridized carbons (Fsp3) is 1.00. The molecule has 1 heteroatoms. The predicted octanol–water partition coefficient (Wildman–Crippen LogP) is 4.94.